The van der Waals surface area contributed by atoms with Crippen LogP contribution in [0.1, 0.15) is 32.9 Å². The van der Waals surface area contributed by atoms with E-state index in [9.17, 15) is 4.79 Å². The number of rotatable bonds is 10. The maximum Gasteiger partial charge on any atom is 0.150 e. The molecule has 7 heteroatoms. The number of hydrogen-bond acceptors (Lipinski definition) is 6. The highest BCUT2D eigenvalue weighted by molar-refractivity contribution is 5.84. The second kappa shape index (κ2) is 10.3. The minimum Gasteiger partial charge on any atom is -0.497 e. The zero-order valence-corrected chi connectivity index (χ0v) is 19.0. The molecule has 0 amide bonds. The molecule has 7 nitrogen and oxygen atoms in total. The van der Waals surface area contributed by atoms with E-state index >= 15 is 0 Å². The molecule has 3 aromatic rings. The zero-order valence-electron chi connectivity index (χ0n) is 19.0. The van der Waals surface area contributed by atoms with Crippen LogP contribution >= 0.6 is 0 Å². The van der Waals surface area contributed by atoms with Crippen LogP contribution in [0.3, 0.4) is 0 Å². The summed E-state index contributed by atoms with van der Waals surface area (Å²) in [5.74, 6) is 0.802. The molecule has 0 aliphatic heterocycles. The van der Waals surface area contributed by atoms with Gasteiger partial charge in [-0.25, -0.2) is 0 Å². The lowest BCUT2D eigenvalue weighted by Gasteiger charge is -2.19. The van der Waals surface area contributed by atoms with Crippen LogP contribution in [0.15, 0.2) is 36.7 Å². The number of likely N-dealkylation sites (N-methyl/N-ethyl adjacent to an activating group) is 1. The number of carbonyl (C=O) groups excluding carboxylic acids is 1. The lowest BCUT2D eigenvalue weighted by molar-refractivity contribution is 0.112. The van der Waals surface area contributed by atoms with E-state index in [0.29, 0.717) is 13.1 Å². The maximum absolute atomic E-state index is 12.0. The Kier molecular flexibility index (Phi) is 7.55. The number of hydrogen-bond donors (Lipinski definition) is 1. The first-order chi connectivity index (χ1) is 14.9. The first-order valence-corrected chi connectivity index (χ1v) is 10.4. The van der Waals surface area contributed by atoms with Gasteiger partial charge in [-0.3, -0.25) is 14.5 Å². The fourth-order valence-corrected chi connectivity index (χ4v) is 3.88. The number of benzene rings is 1. The summed E-state index contributed by atoms with van der Waals surface area (Å²) in [6.45, 7) is 4.20. The van der Waals surface area contributed by atoms with Gasteiger partial charge in [0.05, 0.1) is 18.5 Å². The fraction of sp³-hybridized carbons (Fsp3) is 0.375. The van der Waals surface area contributed by atoms with E-state index in [1.807, 2.05) is 50.1 Å². The van der Waals surface area contributed by atoms with Crippen molar-refractivity contribution in [1.82, 2.24) is 25.0 Å². The molecule has 0 aliphatic rings. The Morgan fingerprint density at radius 2 is 2.06 bits per heavy atom. The lowest BCUT2D eigenvalue weighted by atomic mass is 9.91. The predicted molar refractivity (Wildman–Crippen MR) is 122 cm³/mol. The van der Waals surface area contributed by atoms with Crippen molar-refractivity contribution in [3.05, 3.63) is 64.7 Å². The van der Waals surface area contributed by atoms with Gasteiger partial charge >= 0.3 is 0 Å². The quantitative estimate of drug-likeness (QED) is 0.508. The number of carbonyl (C=O) groups is 1. The Labute approximate surface area is 184 Å². The van der Waals surface area contributed by atoms with Crippen LogP contribution in [-0.4, -0.2) is 53.7 Å². The molecule has 2 aromatic heterocycles. The molecule has 0 fully saturated rings. The molecule has 1 aromatic carbocycles. The Balaban J connectivity index is 1.88. The molecular formula is C24H31N5O2. The van der Waals surface area contributed by atoms with Crippen LogP contribution in [0.2, 0.25) is 0 Å². The molecule has 0 unspecified atom stereocenters. The molecular weight excluding hydrogens is 390 g/mol. The largest absolute Gasteiger partial charge is 0.497 e. The Bertz CT molecular complexity index is 1040. The van der Waals surface area contributed by atoms with Gasteiger partial charge in [0.15, 0.2) is 0 Å². The molecule has 0 atom stereocenters. The van der Waals surface area contributed by atoms with Gasteiger partial charge in [0.2, 0.25) is 0 Å². The summed E-state index contributed by atoms with van der Waals surface area (Å²) in [7, 11) is 7.55. The van der Waals surface area contributed by atoms with E-state index in [1.165, 1.54) is 0 Å². The highest BCUT2D eigenvalue weighted by atomic mass is 16.5. The second-order valence-electron chi connectivity index (χ2n) is 7.84. The van der Waals surface area contributed by atoms with Crippen molar-refractivity contribution in [2.24, 2.45) is 7.05 Å². The standard InChI is InChI=1S/C24H31N5O2/c1-17-24(15-29(4)27-17)23-11-18(13-25-2)10-19(16-30)22(23)7-9-28(3)14-20-12-21(31-5)6-8-26-20/h6,8,10-12,15-16,25H,7,9,13-14H2,1-5H3. The minimum absolute atomic E-state index is 0.701. The molecule has 164 valence electrons. The average molecular weight is 422 g/mol. The molecule has 0 radical (unpaired) electrons. The zero-order chi connectivity index (χ0) is 22.4. The van der Waals surface area contributed by atoms with Crippen molar-refractivity contribution in [3.8, 4) is 16.9 Å². The number of pyridine rings is 1. The van der Waals surface area contributed by atoms with Gasteiger partial charge in [0, 0.05) is 56.3 Å². The van der Waals surface area contributed by atoms with Crippen molar-refractivity contribution in [2.75, 3.05) is 27.7 Å². The normalized spacial score (nSPS) is 11.2. The highest BCUT2D eigenvalue weighted by Gasteiger charge is 2.17. The van der Waals surface area contributed by atoms with Crippen LogP contribution in [-0.2, 0) is 26.6 Å². The summed E-state index contributed by atoms with van der Waals surface area (Å²) in [6.07, 6.45) is 5.50. The minimum atomic E-state index is 0.701. The van der Waals surface area contributed by atoms with Crippen LogP contribution in [0.4, 0.5) is 0 Å². The van der Waals surface area contributed by atoms with Crippen molar-refractivity contribution in [3.63, 3.8) is 0 Å². The third-order valence-electron chi connectivity index (χ3n) is 5.35. The second-order valence-corrected chi connectivity index (χ2v) is 7.84. The summed E-state index contributed by atoms with van der Waals surface area (Å²) >= 11 is 0. The van der Waals surface area contributed by atoms with Crippen molar-refractivity contribution >= 4 is 6.29 Å². The molecule has 1 N–H and O–H groups in total. The molecule has 0 saturated heterocycles. The number of nitrogens with one attached hydrogen (secondary N) is 1. The highest BCUT2D eigenvalue weighted by Crippen LogP contribution is 2.30. The van der Waals surface area contributed by atoms with Crippen LogP contribution in [0, 0.1) is 6.92 Å². The third kappa shape index (κ3) is 5.57. The summed E-state index contributed by atoms with van der Waals surface area (Å²) in [5.41, 5.74) is 6.92. The molecule has 0 bridgehead atoms. The Morgan fingerprint density at radius 3 is 2.71 bits per heavy atom. The van der Waals surface area contributed by atoms with Crippen LogP contribution in [0.5, 0.6) is 5.75 Å². The fourth-order valence-electron chi connectivity index (χ4n) is 3.88. The van der Waals surface area contributed by atoms with Crippen LogP contribution < -0.4 is 10.1 Å². The van der Waals surface area contributed by atoms with E-state index in [4.69, 9.17) is 4.74 Å². The smallest absolute Gasteiger partial charge is 0.150 e. The van der Waals surface area contributed by atoms with E-state index in [0.717, 1.165) is 64.2 Å². The van der Waals surface area contributed by atoms with Gasteiger partial charge in [-0.05, 0) is 62.3 Å². The molecule has 0 aliphatic carbocycles. The monoisotopic (exact) mass is 421 g/mol. The van der Waals surface area contributed by atoms with E-state index in [-0.39, 0.29) is 0 Å². The van der Waals surface area contributed by atoms with Crippen LogP contribution in [0.25, 0.3) is 11.1 Å². The van der Waals surface area contributed by atoms with E-state index in [2.05, 4.69) is 33.4 Å². The van der Waals surface area contributed by atoms with Gasteiger partial charge < -0.3 is 15.0 Å². The van der Waals surface area contributed by atoms with Crippen molar-refractivity contribution in [2.45, 2.75) is 26.4 Å². The summed E-state index contributed by atoms with van der Waals surface area (Å²) in [5, 5.41) is 7.69. The molecule has 0 saturated carbocycles. The molecule has 2 heterocycles. The van der Waals surface area contributed by atoms with Gasteiger partial charge in [0.25, 0.3) is 0 Å². The summed E-state index contributed by atoms with van der Waals surface area (Å²) < 4.78 is 7.11. The van der Waals surface area contributed by atoms with Gasteiger partial charge in [-0.2, -0.15) is 5.10 Å². The number of aromatic nitrogens is 3. The number of ether oxygens (including phenoxy) is 1. The van der Waals surface area contributed by atoms with Gasteiger partial charge in [0.1, 0.15) is 12.0 Å². The Hall–Kier alpha value is -3.03. The number of aldehydes is 1. The van der Waals surface area contributed by atoms with Gasteiger partial charge in [-0.1, -0.05) is 0 Å². The topological polar surface area (TPSA) is 72.3 Å². The molecule has 31 heavy (non-hydrogen) atoms. The van der Waals surface area contributed by atoms with E-state index < -0.39 is 0 Å². The summed E-state index contributed by atoms with van der Waals surface area (Å²) in [6, 6.07) is 7.95. The number of nitrogens with zero attached hydrogens (tertiary/aromatic N) is 4. The molecule has 0 spiro atoms. The van der Waals surface area contributed by atoms with E-state index in [1.54, 1.807) is 13.3 Å². The lowest BCUT2D eigenvalue weighted by Crippen LogP contribution is -2.22. The average Bonchev–Trinajstić information content (AvgIpc) is 3.10. The third-order valence-corrected chi connectivity index (χ3v) is 5.35. The van der Waals surface area contributed by atoms with Crippen molar-refractivity contribution < 1.29 is 9.53 Å². The number of aryl methyl sites for hydroxylation is 2. The van der Waals surface area contributed by atoms with Gasteiger partial charge in [-0.15, -0.1) is 0 Å². The maximum atomic E-state index is 12.0. The first kappa shape index (κ1) is 22.7. The Morgan fingerprint density at radius 1 is 1.26 bits per heavy atom. The first-order valence-electron chi connectivity index (χ1n) is 10.4. The summed E-state index contributed by atoms with van der Waals surface area (Å²) in [4.78, 5) is 18.6. The SMILES string of the molecule is CNCc1cc(C=O)c(CCN(C)Cc2cc(OC)ccn2)c(-c2cn(C)nc2C)c1. The predicted octanol–water partition coefficient (Wildman–Crippen LogP) is 3.01. The molecule has 3 rings (SSSR count). The van der Waals surface area contributed by atoms with Crippen molar-refractivity contribution in [1.29, 1.82) is 0 Å². The number of methoxy groups -OCH3 is 1.